The van der Waals surface area contributed by atoms with Crippen LogP contribution in [-0.4, -0.2) is 42.3 Å². The zero-order valence-corrected chi connectivity index (χ0v) is 12.1. The van der Waals surface area contributed by atoms with Crippen molar-refractivity contribution in [1.29, 1.82) is 0 Å². The van der Waals surface area contributed by atoms with E-state index in [9.17, 15) is 4.79 Å². The van der Waals surface area contributed by atoms with Gasteiger partial charge in [0.25, 0.3) is 0 Å². The lowest BCUT2D eigenvalue weighted by atomic mass is 10.0. The molecule has 1 aromatic carbocycles. The number of hydrogen-bond donors (Lipinski definition) is 1. The summed E-state index contributed by atoms with van der Waals surface area (Å²) in [5.41, 5.74) is 1.33. The monoisotopic (exact) mass is 265 g/mol. The normalized spacial score (nSPS) is 11.8. The summed E-state index contributed by atoms with van der Waals surface area (Å²) in [6.07, 6.45) is 0.952. The molecule has 0 spiro atoms. The largest absolute Gasteiger partial charge is 0.478 e. The molecule has 0 heterocycles. The minimum Gasteiger partial charge on any atom is -0.478 e. The first-order chi connectivity index (χ1) is 8.84. The fourth-order valence-electron chi connectivity index (χ4n) is 1.71. The average Bonchev–Trinajstić information content (AvgIpc) is 2.37. The average molecular weight is 265 g/mol. The molecular formula is C15H23NO3. The summed E-state index contributed by atoms with van der Waals surface area (Å²) in [5, 5.41) is 8.83. The summed E-state index contributed by atoms with van der Waals surface area (Å²) in [6.45, 7) is 5.88. The molecule has 0 unspecified atom stereocenters. The molecule has 0 atom stereocenters. The van der Waals surface area contributed by atoms with Crippen molar-refractivity contribution in [2.75, 3.05) is 20.7 Å². The molecule has 0 bridgehead atoms. The maximum absolute atomic E-state index is 10.8. The number of nitrogens with zero attached hydrogens (tertiary/aromatic N) is 1. The van der Waals surface area contributed by atoms with E-state index in [0.717, 1.165) is 25.1 Å². The standard InChI is InChI=1S/C15H23NO3/c1-15(2,19-4)9-10-16(3)11-12-5-7-13(8-6-12)14(17)18/h5-8H,9-11H2,1-4H3,(H,17,18). The third-order valence-electron chi connectivity index (χ3n) is 3.30. The van der Waals surface area contributed by atoms with Gasteiger partial charge in [-0.3, -0.25) is 0 Å². The lowest BCUT2D eigenvalue weighted by Gasteiger charge is -2.26. The molecule has 106 valence electrons. The van der Waals surface area contributed by atoms with Gasteiger partial charge in [-0.15, -0.1) is 0 Å². The van der Waals surface area contributed by atoms with Crippen molar-refractivity contribution in [1.82, 2.24) is 4.90 Å². The second kappa shape index (κ2) is 6.68. The molecule has 4 heteroatoms. The van der Waals surface area contributed by atoms with Crippen LogP contribution in [0.3, 0.4) is 0 Å². The minimum absolute atomic E-state index is 0.110. The van der Waals surface area contributed by atoms with Gasteiger partial charge < -0.3 is 14.7 Å². The van der Waals surface area contributed by atoms with Crippen molar-refractivity contribution in [3.05, 3.63) is 35.4 Å². The van der Waals surface area contributed by atoms with Crippen LogP contribution in [0, 0.1) is 0 Å². The number of aromatic carboxylic acids is 1. The molecule has 0 saturated heterocycles. The van der Waals surface area contributed by atoms with Gasteiger partial charge >= 0.3 is 5.97 Å². The Morgan fingerprint density at radius 2 is 1.89 bits per heavy atom. The Hall–Kier alpha value is -1.39. The summed E-state index contributed by atoms with van der Waals surface area (Å²) in [7, 11) is 3.78. The molecule has 19 heavy (non-hydrogen) atoms. The fraction of sp³-hybridized carbons (Fsp3) is 0.533. The van der Waals surface area contributed by atoms with E-state index in [4.69, 9.17) is 9.84 Å². The van der Waals surface area contributed by atoms with Crippen molar-refractivity contribution in [2.24, 2.45) is 0 Å². The van der Waals surface area contributed by atoms with Crippen molar-refractivity contribution < 1.29 is 14.6 Å². The van der Waals surface area contributed by atoms with Gasteiger partial charge in [-0.05, 0) is 45.0 Å². The Bertz CT molecular complexity index is 412. The van der Waals surface area contributed by atoms with Crippen LogP contribution in [0.1, 0.15) is 36.2 Å². The Morgan fingerprint density at radius 3 is 2.37 bits per heavy atom. The molecule has 0 aromatic heterocycles. The summed E-state index contributed by atoms with van der Waals surface area (Å²) < 4.78 is 5.39. The Balaban J connectivity index is 2.48. The number of rotatable bonds is 7. The van der Waals surface area contributed by atoms with Crippen LogP contribution in [0.4, 0.5) is 0 Å². The predicted molar refractivity (Wildman–Crippen MR) is 75.4 cm³/mol. The van der Waals surface area contributed by atoms with Gasteiger partial charge in [0, 0.05) is 20.2 Å². The van der Waals surface area contributed by atoms with Gasteiger partial charge in [-0.25, -0.2) is 4.79 Å². The molecule has 0 radical (unpaired) electrons. The van der Waals surface area contributed by atoms with E-state index in [2.05, 4.69) is 25.8 Å². The maximum Gasteiger partial charge on any atom is 0.335 e. The van der Waals surface area contributed by atoms with E-state index in [-0.39, 0.29) is 5.60 Å². The number of benzene rings is 1. The van der Waals surface area contributed by atoms with Crippen molar-refractivity contribution >= 4 is 5.97 Å². The molecule has 1 aromatic rings. The highest BCUT2D eigenvalue weighted by Crippen LogP contribution is 2.14. The van der Waals surface area contributed by atoms with Crippen LogP contribution < -0.4 is 0 Å². The number of methoxy groups -OCH3 is 1. The zero-order chi connectivity index (χ0) is 14.5. The van der Waals surface area contributed by atoms with Gasteiger partial charge in [0.2, 0.25) is 0 Å². The van der Waals surface area contributed by atoms with E-state index < -0.39 is 5.97 Å². The fourth-order valence-corrected chi connectivity index (χ4v) is 1.71. The van der Waals surface area contributed by atoms with Gasteiger partial charge in [0.05, 0.1) is 11.2 Å². The van der Waals surface area contributed by atoms with E-state index in [1.807, 2.05) is 12.1 Å². The topological polar surface area (TPSA) is 49.8 Å². The number of ether oxygens (including phenoxy) is 1. The SMILES string of the molecule is COC(C)(C)CCN(C)Cc1ccc(C(=O)O)cc1. The van der Waals surface area contributed by atoms with Gasteiger partial charge in [0.15, 0.2) is 0 Å². The molecule has 1 N–H and O–H groups in total. The summed E-state index contributed by atoms with van der Waals surface area (Å²) in [6, 6.07) is 7.01. The first kappa shape index (κ1) is 15.7. The number of carboxylic acid groups (broad SMARTS) is 1. The van der Waals surface area contributed by atoms with E-state index in [1.54, 1.807) is 19.2 Å². The summed E-state index contributed by atoms with van der Waals surface area (Å²) in [5.74, 6) is -0.887. The van der Waals surface area contributed by atoms with Crippen LogP contribution in [0.2, 0.25) is 0 Å². The molecule has 0 aliphatic carbocycles. The molecule has 0 amide bonds. The third-order valence-corrected chi connectivity index (χ3v) is 3.30. The molecule has 0 aliphatic heterocycles. The lowest BCUT2D eigenvalue weighted by Crippen LogP contribution is -2.29. The van der Waals surface area contributed by atoms with Crippen LogP contribution >= 0.6 is 0 Å². The first-order valence-electron chi connectivity index (χ1n) is 6.40. The minimum atomic E-state index is -0.887. The Kier molecular flexibility index (Phi) is 5.51. The first-order valence-corrected chi connectivity index (χ1v) is 6.40. The van der Waals surface area contributed by atoms with Crippen molar-refractivity contribution in [3.63, 3.8) is 0 Å². The quantitative estimate of drug-likeness (QED) is 0.823. The van der Waals surface area contributed by atoms with Gasteiger partial charge in [0.1, 0.15) is 0 Å². The summed E-state index contributed by atoms with van der Waals surface area (Å²) in [4.78, 5) is 13.0. The molecule has 0 saturated carbocycles. The second-order valence-electron chi connectivity index (χ2n) is 5.45. The second-order valence-corrected chi connectivity index (χ2v) is 5.45. The van der Waals surface area contributed by atoms with E-state index in [0.29, 0.717) is 5.56 Å². The number of carboxylic acids is 1. The molecule has 0 fully saturated rings. The van der Waals surface area contributed by atoms with Crippen LogP contribution in [0.15, 0.2) is 24.3 Å². The Labute approximate surface area is 115 Å². The lowest BCUT2D eigenvalue weighted by molar-refractivity contribution is 0.00866. The van der Waals surface area contributed by atoms with E-state index in [1.165, 1.54) is 0 Å². The third kappa shape index (κ3) is 5.41. The van der Waals surface area contributed by atoms with Gasteiger partial charge in [-0.1, -0.05) is 12.1 Å². The zero-order valence-electron chi connectivity index (χ0n) is 12.1. The van der Waals surface area contributed by atoms with Crippen LogP contribution in [-0.2, 0) is 11.3 Å². The molecular weight excluding hydrogens is 242 g/mol. The van der Waals surface area contributed by atoms with Crippen LogP contribution in [0.5, 0.6) is 0 Å². The van der Waals surface area contributed by atoms with Crippen molar-refractivity contribution in [2.45, 2.75) is 32.4 Å². The highest BCUT2D eigenvalue weighted by Gasteiger charge is 2.16. The van der Waals surface area contributed by atoms with Crippen LogP contribution in [0.25, 0.3) is 0 Å². The molecule has 1 rings (SSSR count). The smallest absolute Gasteiger partial charge is 0.335 e. The van der Waals surface area contributed by atoms with E-state index >= 15 is 0 Å². The maximum atomic E-state index is 10.8. The predicted octanol–water partition coefficient (Wildman–Crippen LogP) is 2.63. The van der Waals surface area contributed by atoms with Gasteiger partial charge in [-0.2, -0.15) is 0 Å². The Morgan fingerprint density at radius 1 is 1.32 bits per heavy atom. The highest BCUT2D eigenvalue weighted by molar-refractivity contribution is 5.87. The molecule has 4 nitrogen and oxygen atoms in total. The van der Waals surface area contributed by atoms with Crippen molar-refractivity contribution in [3.8, 4) is 0 Å². The highest BCUT2D eigenvalue weighted by atomic mass is 16.5. The number of carbonyl (C=O) groups is 1. The molecule has 0 aliphatic rings. The summed E-state index contributed by atoms with van der Waals surface area (Å²) >= 11 is 0. The number of hydrogen-bond acceptors (Lipinski definition) is 3.